The zero-order valence-electron chi connectivity index (χ0n) is 27.4. The molecule has 0 amide bonds. The van der Waals surface area contributed by atoms with Crippen LogP contribution >= 0.6 is 0 Å². The van der Waals surface area contributed by atoms with Crippen LogP contribution in [-0.4, -0.2) is 64.0 Å². The molecule has 2 aromatic carbocycles. The van der Waals surface area contributed by atoms with Gasteiger partial charge in [-0.3, -0.25) is 0 Å². The average Bonchev–Trinajstić information content (AvgIpc) is 2.99. The summed E-state index contributed by atoms with van der Waals surface area (Å²) in [6, 6.07) is 15.0. The molecule has 0 aliphatic carbocycles. The quantitative estimate of drug-likeness (QED) is 0.0684. The molecule has 13 heteroatoms. The Morgan fingerprint density at radius 1 is 0.756 bits per heavy atom. The lowest BCUT2D eigenvalue weighted by Crippen LogP contribution is -2.33. The second-order valence-corrected chi connectivity index (χ2v) is 19.2. The van der Waals surface area contributed by atoms with Gasteiger partial charge >= 0.3 is 11.9 Å². The van der Waals surface area contributed by atoms with Crippen LogP contribution in [0.25, 0.3) is 0 Å². The molecule has 3 aromatic rings. The minimum atomic E-state index is -1.53. The summed E-state index contributed by atoms with van der Waals surface area (Å²) < 4.78 is 17.0. The van der Waals surface area contributed by atoms with E-state index in [1.165, 1.54) is 0 Å². The van der Waals surface area contributed by atoms with E-state index in [1.807, 2.05) is 19.9 Å². The third kappa shape index (κ3) is 13.4. The van der Waals surface area contributed by atoms with E-state index in [0.29, 0.717) is 60.1 Å². The number of nitrogens with zero attached hydrogens (tertiary/aromatic N) is 3. The van der Waals surface area contributed by atoms with Crippen LogP contribution < -0.4 is 16.0 Å². The van der Waals surface area contributed by atoms with Crippen molar-refractivity contribution in [2.45, 2.75) is 78.2 Å². The van der Waals surface area contributed by atoms with Gasteiger partial charge < -0.3 is 29.5 Å². The summed E-state index contributed by atoms with van der Waals surface area (Å²) in [7, 11) is -2.77. The van der Waals surface area contributed by atoms with Gasteiger partial charge in [0.15, 0.2) is 17.4 Å². The van der Waals surface area contributed by atoms with Crippen LogP contribution in [0, 0.1) is 0 Å². The number of ether oxygens (including phenoxy) is 2. The van der Waals surface area contributed by atoms with E-state index in [0.717, 1.165) is 38.1 Å². The van der Waals surface area contributed by atoms with E-state index >= 15 is 0 Å². The van der Waals surface area contributed by atoms with Gasteiger partial charge in [-0.15, -0.1) is 0 Å². The lowest BCUT2D eigenvalue weighted by Gasteiger charge is -2.23. The standard InChI is InChI=1S/C32H48N6O5Si2/c1-7-9-20-41-28(39)24-15-17-26(18-16-24)34-31-36-30(33-19-12-22-44(3)43-45(4,5)6)37-32(38-31)35-27-14-11-13-25(23-27)29(40)42-21-10-8-2/h11,13-18,23,44H,7-10,12,19-22H2,1-6H3,(H3,33,34,35,36,37,38). The van der Waals surface area contributed by atoms with E-state index < -0.39 is 17.4 Å². The Bertz CT molecular complexity index is 1370. The Balaban J connectivity index is 1.74. The first-order chi connectivity index (χ1) is 21.6. The number of anilines is 5. The predicted molar refractivity (Wildman–Crippen MR) is 185 cm³/mol. The number of nitrogens with one attached hydrogen (secondary N) is 3. The number of carbonyl (C=O) groups excluding carboxylic acids is 2. The lowest BCUT2D eigenvalue weighted by molar-refractivity contribution is 0.0490. The summed E-state index contributed by atoms with van der Waals surface area (Å²) >= 11 is 0. The zero-order chi connectivity index (χ0) is 32.7. The van der Waals surface area contributed by atoms with E-state index in [1.54, 1.807) is 42.5 Å². The monoisotopic (exact) mass is 652 g/mol. The average molecular weight is 653 g/mol. The number of aromatic nitrogens is 3. The predicted octanol–water partition coefficient (Wildman–Crippen LogP) is 7.28. The molecule has 0 saturated heterocycles. The van der Waals surface area contributed by atoms with Crippen molar-refractivity contribution in [3.05, 3.63) is 59.7 Å². The highest BCUT2D eigenvalue weighted by atomic mass is 28.4. The van der Waals surface area contributed by atoms with Gasteiger partial charge in [-0.2, -0.15) is 15.0 Å². The van der Waals surface area contributed by atoms with Crippen molar-refractivity contribution < 1.29 is 23.2 Å². The molecule has 0 aliphatic heterocycles. The number of unbranched alkanes of at least 4 members (excludes halogenated alkanes) is 2. The number of rotatable bonds is 19. The molecule has 45 heavy (non-hydrogen) atoms. The van der Waals surface area contributed by atoms with Crippen LogP contribution in [0.5, 0.6) is 0 Å². The van der Waals surface area contributed by atoms with Crippen molar-refractivity contribution in [2.24, 2.45) is 0 Å². The molecule has 1 atom stereocenters. The number of benzene rings is 2. The molecule has 0 bridgehead atoms. The zero-order valence-corrected chi connectivity index (χ0v) is 29.6. The van der Waals surface area contributed by atoms with Crippen molar-refractivity contribution in [1.82, 2.24) is 15.0 Å². The second-order valence-electron chi connectivity index (χ2n) is 11.8. The Kier molecular flexibility index (Phi) is 14.4. The number of hydrogen-bond acceptors (Lipinski definition) is 11. The molecule has 244 valence electrons. The molecule has 0 radical (unpaired) electrons. The summed E-state index contributed by atoms with van der Waals surface area (Å²) in [4.78, 5) is 38.5. The summed E-state index contributed by atoms with van der Waals surface area (Å²) in [6.07, 6.45) is 4.49. The van der Waals surface area contributed by atoms with Gasteiger partial charge in [0.05, 0.1) is 24.3 Å². The maximum atomic E-state index is 12.5. The Hall–Kier alpha value is -3.82. The number of hydrogen-bond donors (Lipinski definition) is 3. The maximum Gasteiger partial charge on any atom is 0.338 e. The molecule has 11 nitrogen and oxygen atoms in total. The van der Waals surface area contributed by atoms with Gasteiger partial charge in [0.25, 0.3) is 0 Å². The van der Waals surface area contributed by atoms with Gasteiger partial charge in [0, 0.05) is 17.9 Å². The topological polar surface area (TPSA) is 137 Å². The summed E-state index contributed by atoms with van der Waals surface area (Å²) in [5.74, 6) is 0.292. The van der Waals surface area contributed by atoms with Gasteiger partial charge in [-0.1, -0.05) is 32.8 Å². The fourth-order valence-electron chi connectivity index (χ4n) is 4.28. The van der Waals surface area contributed by atoms with Crippen LogP contribution in [-0.2, 0) is 13.6 Å². The van der Waals surface area contributed by atoms with Crippen LogP contribution in [0.2, 0.25) is 32.2 Å². The van der Waals surface area contributed by atoms with Crippen LogP contribution in [0.4, 0.5) is 29.2 Å². The molecule has 0 spiro atoms. The maximum absolute atomic E-state index is 12.5. The molecule has 3 rings (SSSR count). The Morgan fingerprint density at radius 2 is 1.33 bits per heavy atom. The summed E-state index contributed by atoms with van der Waals surface area (Å²) in [5.41, 5.74) is 2.25. The van der Waals surface area contributed by atoms with Crippen molar-refractivity contribution in [2.75, 3.05) is 35.7 Å². The summed E-state index contributed by atoms with van der Waals surface area (Å²) in [5, 5.41) is 9.72. The van der Waals surface area contributed by atoms with E-state index in [2.05, 4.69) is 57.1 Å². The fourth-order valence-corrected chi connectivity index (χ4v) is 10.4. The number of carbonyl (C=O) groups is 2. The molecule has 1 aromatic heterocycles. The normalized spacial score (nSPS) is 11.9. The van der Waals surface area contributed by atoms with Gasteiger partial charge in [-0.25, -0.2) is 9.59 Å². The van der Waals surface area contributed by atoms with E-state index in [4.69, 9.17) is 13.6 Å². The molecule has 0 fully saturated rings. The van der Waals surface area contributed by atoms with E-state index in [9.17, 15) is 9.59 Å². The summed E-state index contributed by atoms with van der Waals surface area (Å²) in [6.45, 7) is 14.5. The molecular weight excluding hydrogens is 605 g/mol. The lowest BCUT2D eigenvalue weighted by atomic mass is 10.2. The molecule has 0 aliphatic rings. The molecule has 3 N–H and O–H groups in total. The minimum Gasteiger partial charge on any atom is -0.462 e. The van der Waals surface area contributed by atoms with Crippen LogP contribution in [0.3, 0.4) is 0 Å². The SMILES string of the molecule is CCCCOC(=O)c1ccc(Nc2nc(NCCC[SiH](C)O[Si](C)(C)C)nc(Nc3cccc(C(=O)OCCCC)c3)n2)cc1. The van der Waals surface area contributed by atoms with Crippen LogP contribution in [0.15, 0.2) is 48.5 Å². The van der Waals surface area contributed by atoms with Crippen molar-refractivity contribution in [1.29, 1.82) is 0 Å². The first-order valence-corrected chi connectivity index (χ1v) is 21.7. The smallest absolute Gasteiger partial charge is 0.338 e. The van der Waals surface area contributed by atoms with Crippen molar-refractivity contribution >= 4 is 58.5 Å². The molecule has 1 heterocycles. The fraction of sp³-hybridized carbons (Fsp3) is 0.469. The molecule has 0 saturated carbocycles. The van der Waals surface area contributed by atoms with E-state index in [-0.39, 0.29) is 11.9 Å². The van der Waals surface area contributed by atoms with Gasteiger partial charge in [-0.05, 0) is 94.0 Å². The molecular formula is C32H48N6O5Si2. The third-order valence-corrected chi connectivity index (χ3v) is 12.1. The Morgan fingerprint density at radius 3 is 1.93 bits per heavy atom. The third-order valence-electron chi connectivity index (χ3n) is 6.45. The second kappa shape index (κ2) is 18.2. The Labute approximate surface area is 269 Å². The highest BCUT2D eigenvalue weighted by Crippen LogP contribution is 2.21. The van der Waals surface area contributed by atoms with Gasteiger partial charge in [0.1, 0.15) is 0 Å². The first-order valence-electron chi connectivity index (χ1n) is 15.8. The minimum absolute atomic E-state index is 0.299. The number of esters is 2. The highest BCUT2D eigenvalue weighted by Gasteiger charge is 2.18. The van der Waals surface area contributed by atoms with Crippen molar-refractivity contribution in [3.8, 4) is 0 Å². The highest BCUT2D eigenvalue weighted by molar-refractivity contribution is 6.77. The van der Waals surface area contributed by atoms with Crippen LogP contribution in [0.1, 0.15) is 66.7 Å². The van der Waals surface area contributed by atoms with Crippen molar-refractivity contribution in [3.63, 3.8) is 0 Å². The van der Waals surface area contributed by atoms with Gasteiger partial charge in [0.2, 0.25) is 17.8 Å². The largest absolute Gasteiger partial charge is 0.462 e. The first kappa shape index (κ1) is 35.7. The molecule has 1 unspecified atom stereocenters.